The highest BCUT2D eigenvalue weighted by atomic mass is 32.2. The molecule has 0 radical (unpaired) electrons. The van der Waals surface area contributed by atoms with E-state index in [1.807, 2.05) is 43.0 Å². The van der Waals surface area contributed by atoms with Crippen LogP contribution in [0.2, 0.25) is 0 Å². The zero-order valence-electron chi connectivity index (χ0n) is 15.9. The van der Waals surface area contributed by atoms with Gasteiger partial charge in [0.25, 0.3) is 5.91 Å². The summed E-state index contributed by atoms with van der Waals surface area (Å²) in [7, 11) is -1.39. The first-order valence-electron chi connectivity index (χ1n) is 9.22. The van der Waals surface area contributed by atoms with E-state index in [4.69, 9.17) is 4.74 Å². The molecule has 0 aromatic heterocycles. The zero-order valence-corrected chi connectivity index (χ0v) is 17.6. The van der Waals surface area contributed by atoms with Crippen LogP contribution >= 0.6 is 11.8 Å². The Hall–Kier alpha value is -1.54. The van der Waals surface area contributed by atoms with Crippen molar-refractivity contribution in [1.29, 1.82) is 0 Å². The number of ether oxygens (including phenoxy) is 1. The summed E-state index contributed by atoms with van der Waals surface area (Å²) >= 11 is 1.45. The Bertz CT molecular complexity index is 821. The normalized spacial score (nSPS) is 26.2. The van der Waals surface area contributed by atoms with Crippen LogP contribution in [0.15, 0.2) is 29.3 Å². The van der Waals surface area contributed by atoms with Gasteiger partial charge < -0.3 is 9.64 Å². The molecule has 2 fully saturated rings. The summed E-state index contributed by atoms with van der Waals surface area (Å²) in [6.07, 6.45) is 1.50. The number of thioether (sulfide) groups is 1. The number of hydrogen-bond acceptors (Lipinski definition) is 5. The standard InChI is InChI=1S/C19H26N2O4S2/c1-4-13(2)18(22)20-19-21(16-11-27(23,24)12-17(16)26-19)10-9-14-5-7-15(25-3)8-6-14/h5-8,13,16-17H,4,9-12H2,1-3H3/t13-,16-,17-/m0/s1. The molecule has 0 N–H and O–H groups in total. The molecule has 1 amide bonds. The first-order valence-corrected chi connectivity index (χ1v) is 11.9. The SMILES string of the molecule is CC[C@H](C)C(=O)N=C1S[C@H]2CS(=O)(=O)C[C@@H]2N1CCc1ccc(OC)cc1. The van der Waals surface area contributed by atoms with Gasteiger partial charge in [0.2, 0.25) is 0 Å². The van der Waals surface area contributed by atoms with Crippen LogP contribution in [0.4, 0.5) is 0 Å². The first kappa shape index (κ1) is 20.2. The third kappa shape index (κ3) is 4.66. The Morgan fingerprint density at radius 2 is 2.04 bits per heavy atom. The summed E-state index contributed by atoms with van der Waals surface area (Å²) in [6.45, 7) is 4.48. The number of methoxy groups -OCH3 is 1. The molecule has 27 heavy (non-hydrogen) atoms. The fourth-order valence-corrected chi connectivity index (χ4v) is 7.30. The maximum atomic E-state index is 12.3. The number of amidine groups is 1. The minimum absolute atomic E-state index is 0.0330. The molecule has 1 aromatic rings. The van der Waals surface area contributed by atoms with E-state index in [0.29, 0.717) is 11.7 Å². The molecule has 2 aliphatic rings. The van der Waals surface area contributed by atoms with Crippen LogP contribution in [0, 0.1) is 5.92 Å². The zero-order chi connectivity index (χ0) is 19.6. The number of aliphatic imine (C=N–C) groups is 1. The highest BCUT2D eigenvalue weighted by molar-refractivity contribution is 8.15. The number of sulfone groups is 1. The van der Waals surface area contributed by atoms with E-state index < -0.39 is 9.84 Å². The quantitative estimate of drug-likeness (QED) is 0.717. The van der Waals surface area contributed by atoms with Gasteiger partial charge in [-0.1, -0.05) is 37.7 Å². The van der Waals surface area contributed by atoms with Gasteiger partial charge in [-0.2, -0.15) is 4.99 Å². The molecule has 0 aliphatic carbocycles. The monoisotopic (exact) mass is 410 g/mol. The Morgan fingerprint density at radius 3 is 2.67 bits per heavy atom. The van der Waals surface area contributed by atoms with Crippen LogP contribution in [0.3, 0.4) is 0 Å². The summed E-state index contributed by atoms with van der Waals surface area (Å²) < 4.78 is 29.3. The maximum Gasteiger partial charge on any atom is 0.250 e. The van der Waals surface area contributed by atoms with Crippen LogP contribution < -0.4 is 4.74 Å². The number of rotatable bonds is 6. The lowest BCUT2D eigenvalue weighted by molar-refractivity contribution is -0.121. The van der Waals surface area contributed by atoms with Gasteiger partial charge in [-0.05, 0) is 30.5 Å². The van der Waals surface area contributed by atoms with E-state index in [-0.39, 0.29) is 34.6 Å². The summed E-state index contributed by atoms with van der Waals surface area (Å²) in [4.78, 5) is 18.7. The molecule has 148 valence electrons. The van der Waals surface area contributed by atoms with E-state index in [0.717, 1.165) is 24.2 Å². The molecule has 0 bridgehead atoms. The van der Waals surface area contributed by atoms with Crippen molar-refractivity contribution in [1.82, 2.24) is 4.90 Å². The number of fused-ring (bicyclic) bond motifs is 1. The van der Waals surface area contributed by atoms with Gasteiger partial charge in [-0.25, -0.2) is 8.42 Å². The fourth-order valence-electron chi connectivity index (χ4n) is 3.32. The van der Waals surface area contributed by atoms with Gasteiger partial charge in [0.15, 0.2) is 15.0 Å². The van der Waals surface area contributed by atoms with Gasteiger partial charge in [0.05, 0.1) is 24.7 Å². The van der Waals surface area contributed by atoms with Crippen molar-refractivity contribution in [3.8, 4) is 5.75 Å². The average Bonchev–Trinajstić information content (AvgIpc) is 3.10. The number of hydrogen-bond donors (Lipinski definition) is 0. The van der Waals surface area contributed by atoms with Crippen molar-refractivity contribution in [2.24, 2.45) is 10.9 Å². The van der Waals surface area contributed by atoms with Crippen molar-refractivity contribution < 1.29 is 17.9 Å². The van der Waals surface area contributed by atoms with E-state index in [9.17, 15) is 13.2 Å². The number of carbonyl (C=O) groups excluding carboxylic acids is 1. The van der Waals surface area contributed by atoms with Crippen LogP contribution in [0.1, 0.15) is 25.8 Å². The van der Waals surface area contributed by atoms with E-state index >= 15 is 0 Å². The highest BCUT2D eigenvalue weighted by Gasteiger charge is 2.48. The van der Waals surface area contributed by atoms with Gasteiger partial charge in [-0.15, -0.1) is 0 Å². The molecule has 1 aromatic carbocycles. The molecule has 0 unspecified atom stereocenters. The second-order valence-electron chi connectivity index (χ2n) is 7.13. The van der Waals surface area contributed by atoms with Crippen molar-refractivity contribution in [2.75, 3.05) is 25.2 Å². The predicted octanol–water partition coefficient (Wildman–Crippen LogP) is 2.38. The molecular formula is C19H26N2O4S2. The summed E-state index contributed by atoms with van der Waals surface area (Å²) in [5.41, 5.74) is 1.14. The second-order valence-corrected chi connectivity index (χ2v) is 10.5. The molecule has 2 heterocycles. The maximum absolute atomic E-state index is 12.3. The lowest BCUT2D eigenvalue weighted by Crippen LogP contribution is -2.39. The summed E-state index contributed by atoms with van der Waals surface area (Å²) in [6, 6.07) is 7.75. The van der Waals surface area contributed by atoms with Gasteiger partial charge in [-0.3, -0.25) is 4.79 Å². The number of benzene rings is 1. The second kappa shape index (κ2) is 8.22. The summed E-state index contributed by atoms with van der Waals surface area (Å²) in [5, 5.41) is 0.646. The molecule has 2 aliphatic heterocycles. The molecule has 8 heteroatoms. The fraction of sp³-hybridized carbons (Fsp3) is 0.579. The average molecular weight is 411 g/mol. The number of nitrogens with zero attached hydrogens (tertiary/aromatic N) is 2. The van der Waals surface area contributed by atoms with Crippen LogP contribution in [0.25, 0.3) is 0 Å². The number of amides is 1. The molecule has 3 rings (SSSR count). The Balaban J connectivity index is 1.77. The number of carbonyl (C=O) groups is 1. The lowest BCUT2D eigenvalue weighted by atomic mass is 10.1. The molecule has 2 saturated heterocycles. The van der Waals surface area contributed by atoms with Gasteiger partial charge in [0, 0.05) is 17.7 Å². The van der Waals surface area contributed by atoms with Gasteiger partial charge in [0.1, 0.15) is 5.75 Å². The minimum atomic E-state index is -3.02. The van der Waals surface area contributed by atoms with Crippen molar-refractivity contribution in [3.05, 3.63) is 29.8 Å². The predicted molar refractivity (Wildman–Crippen MR) is 109 cm³/mol. The third-order valence-electron chi connectivity index (χ3n) is 5.22. The van der Waals surface area contributed by atoms with E-state index in [1.54, 1.807) is 7.11 Å². The van der Waals surface area contributed by atoms with Crippen molar-refractivity contribution >= 4 is 32.7 Å². The van der Waals surface area contributed by atoms with Crippen LogP contribution in [-0.4, -0.2) is 60.8 Å². The molecule has 6 nitrogen and oxygen atoms in total. The molecule has 0 saturated carbocycles. The van der Waals surface area contributed by atoms with Crippen LogP contribution in [0.5, 0.6) is 5.75 Å². The van der Waals surface area contributed by atoms with Gasteiger partial charge >= 0.3 is 0 Å². The minimum Gasteiger partial charge on any atom is -0.497 e. The Labute approximate surface area is 165 Å². The topological polar surface area (TPSA) is 76.0 Å². The van der Waals surface area contributed by atoms with E-state index in [2.05, 4.69) is 4.99 Å². The smallest absolute Gasteiger partial charge is 0.250 e. The molecule has 3 atom stereocenters. The molecular weight excluding hydrogens is 384 g/mol. The molecule has 0 spiro atoms. The van der Waals surface area contributed by atoms with Crippen LogP contribution in [-0.2, 0) is 21.1 Å². The van der Waals surface area contributed by atoms with Crippen molar-refractivity contribution in [2.45, 2.75) is 38.0 Å². The van der Waals surface area contributed by atoms with E-state index in [1.165, 1.54) is 11.8 Å². The first-order chi connectivity index (χ1) is 12.8. The van der Waals surface area contributed by atoms with Crippen molar-refractivity contribution in [3.63, 3.8) is 0 Å². The third-order valence-corrected chi connectivity index (χ3v) is 8.46. The Kier molecular flexibility index (Phi) is 6.15. The Morgan fingerprint density at radius 1 is 1.33 bits per heavy atom. The highest BCUT2D eigenvalue weighted by Crippen LogP contribution is 2.38. The summed E-state index contributed by atoms with van der Waals surface area (Å²) in [5.74, 6) is 0.865. The lowest BCUT2D eigenvalue weighted by Gasteiger charge is -2.24. The largest absolute Gasteiger partial charge is 0.497 e.